The third kappa shape index (κ3) is 3.19. The second-order valence-electron chi connectivity index (χ2n) is 4.16. The molecule has 0 atom stereocenters. The van der Waals surface area contributed by atoms with Crippen LogP contribution in [0.3, 0.4) is 0 Å². The Labute approximate surface area is 129 Å². The van der Waals surface area contributed by atoms with Crippen LogP contribution in [-0.2, 0) is 15.6 Å². The van der Waals surface area contributed by atoms with E-state index in [1.165, 1.54) is 36.5 Å². The van der Waals surface area contributed by atoms with Crippen LogP contribution in [0.1, 0.15) is 5.56 Å². The molecular weight excluding hydrogens is 362 g/mol. The Hall–Kier alpha value is -2.00. The molecule has 0 amide bonds. The molecule has 0 unspecified atom stereocenters. The Kier molecular flexibility index (Phi) is 4.24. The lowest BCUT2D eigenvalue weighted by Crippen LogP contribution is -2.10. The Balaban J connectivity index is 2.45. The highest BCUT2D eigenvalue weighted by Crippen LogP contribution is 2.31. The first kappa shape index (κ1) is 15.4. The van der Waals surface area contributed by atoms with Crippen LogP contribution in [0.5, 0.6) is 0 Å². The van der Waals surface area contributed by atoms with Crippen molar-refractivity contribution in [2.75, 3.05) is 5.73 Å². The minimum atomic E-state index is -3.80. The third-order valence-corrected chi connectivity index (χ3v) is 5.23. The van der Waals surface area contributed by atoms with Gasteiger partial charge >= 0.3 is 0 Å². The van der Waals surface area contributed by atoms with Crippen molar-refractivity contribution in [2.24, 2.45) is 0 Å². The summed E-state index contributed by atoms with van der Waals surface area (Å²) in [6, 6.07) is 7.17. The number of sulfone groups is 1. The molecule has 0 fully saturated rings. The summed E-state index contributed by atoms with van der Waals surface area (Å²) in [5.74, 6) is -0.434. The number of benzene rings is 1. The van der Waals surface area contributed by atoms with Gasteiger partial charge in [-0.05, 0) is 33.6 Å². The summed E-state index contributed by atoms with van der Waals surface area (Å²) in [7, 11) is -3.80. The summed E-state index contributed by atoms with van der Waals surface area (Å²) in [5, 5.41) is 10.6. The Morgan fingerprint density at radius 3 is 2.62 bits per heavy atom. The van der Waals surface area contributed by atoms with Crippen molar-refractivity contribution in [1.29, 1.82) is 0 Å². The van der Waals surface area contributed by atoms with Gasteiger partial charge in [0.2, 0.25) is 9.84 Å². The standard InChI is InChI=1S/C12H10BrN3O4S/c13-11-8(3-1-5-10(11)16(17)18)7-21(19,20)12-9(14)4-2-6-15-12/h1-6H,7,14H2. The molecule has 7 nitrogen and oxygen atoms in total. The number of nitrogens with zero attached hydrogens (tertiary/aromatic N) is 2. The normalized spacial score (nSPS) is 11.3. The van der Waals surface area contributed by atoms with Gasteiger partial charge in [-0.2, -0.15) is 0 Å². The molecule has 0 saturated carbocycles. The molecule has 1 aromatic heterocycles. The molecule has 9 heteroatoms. The molecule has 1 aromatic carbocycles. The van der Waals surface area contributed by atoms with Crippen molar-refractivity contribution in [1.82, 2.24) is 4.98 Å². The van der Waals surface area contributed by atoms with Crippen molar-refractivity contribution < 1.29 is 13.3 Å². The van der Waals surface area contributed by atoms with E-state index < -0.39 is 20.5 Å². The van der Waals surface area contributed by atoms with E-state index in [0.717, 1.165) is 0 Å². The minimum Gasteiger partial charge on any atom is -0.396 e. The maximum Gasteiger partial charge on any atom is 0.283 e. The molecule has 0 aliphatic rings. The molecule has 0 aliphatic heterocycles. The van der Waals surface area contributed by atoms with Crippen LogP contribution in [0.4, 0.5) is 11.4 Å². The van der Waals surface area contributed by atoms with E-state index in [0.29, 0.717) is 0 Å². The number of nitro groups is 1. The van der Waals surface area contributed by atoms with E-state index in [1.807, 2.05) is 0 Å². The molecule has 110 valence electrons. The molecular formula is C12H10BrN3O4S. The second kappa shape index (κ2) is 5.78. The highest BCUT2D eigenvalue weighted by Gasteiger charge is 2.23. The molecule has 0 bridgehead atoms. The number of anilines is 1. The number of nitrogens with two attached hydrogens (primary N) is 1. The van der Waals surface area contributed by atoms with Gasteiger partial charge in [-0.1, -0.05) is 12.1 Å². The number of halogens is 1. The summed E-state index contributed by atoms with van der Waals surface area (Å²) in [6.07, 6.45) is 1.33. The summed E-state index contributed by atoms with van der Waals surface area (Å²) < 4.78 is 24.8. The number of hydrogen-bond acceptors (Lipinski definition) is 6. The van der Waals surface area contributed by atoms with E-state index in [1.54, 1.807) is 0 Å². The molecule has 0 radical (unpaired) electrons. The lowest BCUT2D eigenvalue weighted by molar-refractivity contribution is -0.385. The maximum absolute atomic E-state index is 12.3. The van der Waals surface area contributed by atoms with E-state index in [9.17, 15) is 18.5 Å². The molecule has 2 rings (SSSR count). The van der Waals surface area contributed by atoms with Gasteiger partial charge in [0, 0.05) is 12.3 Å². The Morgan fingerprint density at radius 1 is 1.29 bits per heavy atom. The van der Waals surface area contributed by atoms with Gasteiger partial charge in [0.15, 0.2) is 5.03 Å². The average molecular weight is 372 g/mol. The minimum absolute atomic E-state index is 0.0408. The molecule has 0 spiro atoms. The second-order valence-corrected chi connectivity index (χ2v) is 6.86. The largest absolute Gasteiger partial charge is 0.396 e. The van der Waals surface area contributed by atoms with Gasteiger partial charge in [-0.3, -0.25) is 10.1 Å². The highest BCUT2D eigenvalue weighted by molar-refractivity contribution is 9.10. The number of nitrogen functional groups attached to an aromatic ring is 1. The predicted octanol–water partition coefficient (Wildman–Crippen LogP) is 2.31. The van der Waals surface area contributed by atoms with Crippen molar-refractivity contribution in [3.8, 4) is 0 Å². The quantitative estimate of drug-likeness (QED) is 0.650. The average Bonchev–Trinajstić information content (AvgIpc) is 2.41. The van der Waals surface area contributed by atoms with Crippen LogP contribution in [0, 0.1) is 10.1 Å². The molecule has 0 saturated heterocycles. The molecule has 1 heterocycles. The molecule has 0 aliphatic carbocycles. The Bertz CT molecular complexity index is 808. The van der Waals surface area contributed by atoms with Gasteiger partial charge < -0.3 is 5.73 Å². The highest BCUT2D eigenvalue weighted by atomic mass is 79.9. The zero-order valence-corrected chi connectivity index (χ0v) is 13.0. The number of rotatable bonds is 4. The third-order valence-electron chi connectivity index (χ3n) is 2.70. The summed E-state index contributed by atoms with van der Waals surface area (Å²) >= 11 is 3.07. The predicted molar refractivity (Wildman–Crippen MR) is 80.3 cm³/mol. The monoisotopic (exact) mass is 371 g/mol. The van der Waals surface area contributed by atoms with Crippen LogP contribution in [0.15, 0.2) is 46.0 Å². The van der Waals surface area contributed by atoms with Gasteiger partial charge in [0.25, 0.3) is 5.69 Å². The van der Waals surface area contributed by atoms with Gasteiger partial charge in [0.1, 0.15) is 0 Å². The fourth-order valence-electron chi connectivity index (χ4n) is 1.75. The first-order valence-electron chi connectivity index (χ1n) is 5.68. The van der Waals surface area contributed by atoms with Gasteiger partial charge in [0.05, 0.1) is 20.8 Å². The lowest BCUT2D eigenvalue weighted by Gasteiger charge is -2.08. The molecule has 2 aromatic rings. The smallest absolute Gasteiger partial charge is 0.283 e. The van der Waals surface area contributed by atoms with Crippen LogP contribution in [0.2, 0.25) is 0 Å². The van der Waals surface area contributed by atoms with E-state index in [4.69, 9.17) is 5.73 Å². The van der Waals surface area contributed by atoms with Crippen LogP contribution in [-0.4, -0.2) is 18.3 Å². The Morgan fingerprint density at radius 2 is 2.00 bits per heavy atom. The van der Waals surface area contributed by atoms with Crippen molar-refractivity contribution in [3.63, 3.8) is 0 Å². The number of pyridine rings is 1. The van der Waals surface area contributed by atoms with E-state index >= 15 is 0 Å². The molecule has 2 N–H and O–H groups in total. The number of nitro benzene ring substituents is 1. The van der Waals surface area contributed by atoms with E-state index in [-0.39, 0.29) is 26.4 Å². The maximum atomic E-state index is 12.3. The SMILES string of the molecule is Nc1cccnc1S(=O)(=O)Cc1cccc([N+](=O)[O-])c1Br. The van der Waals surface area contributed by atoms with Gasteiger partial charge in [-0.15, -0.1) is 0 Å². The van der Waals surface area contributed by atoms with Crippen molar-refractivity contribution in [2.45, 2.75) is 10.8 Å². The van der Waals surface area contributed by atoms with Crippen molar-refractivity contribution >= 4 is 37.1 Å². The van der Waals surface area contributed by atoms with Crippen LogP contribution in [0.25, 0.3) is 0 Å². The van der Waals surface area contributed by atoms with E-state index in [2.05, 4.69) is 20.9 Å². The number of aromatic nitrogens is 1. The first-order valence-corrected chi connectivity index (χ1v) is 8.12. The summed E-state index contributed by atoms with van der Waals surface area (Å²) in [5.41, 5.74) is 5.73. The fourth-order valence-corrected chi connectivity index (χ4v) is 3.93. The van der Waals surface area contributed by atoms with Crippen molar-refractivity contribution in [3.05, 3.63) is 56.7 Å². The zero-order valence-electron chi connectivity index (χ0n) is 10.6. The topological polar surface area (TPSA) is 116 Å². The zero-order chi connectivity index (χ0) is 15.6. The lowest BCUT2D eigenvalue weighted by atomic mass is 10.2. The van der Waals surface area contributed by atoms with Gasteiger partial charge in [-0.25, -0.2) is 13.4 Å². The summed E-state index contributed by atoms with van der Waals surface area (Å²) in [6.45, 7) is 0. The number of hydrogen-bond donors (Lipinski definition) is 1. The first-order chi connectivity index (χ1) is 9.83. The van der Waals surface area contributed by atoms with Crippen LogP contribution < -0.4 is 5.73 Å². The molecule has 21 heavy (non-hydrogen) atoms. The van der Waals surface area contributed by atoms with Crippen LogP contribution >= 0.6 is 15.9 Å². The fraction of sp³-hybridized carbons (Fsp3) is 0.0833. The summed E-state index contributed by atoms with van der Waals surface area (Å²) in [4.78, 5) is 14.0.